The summed E-state index contributed by atoms with van der Waals surface area (Å²) in [4.78, 5) is 17.1. The first kappa shape index (κ1) is 20.3. The van der Waals surface area contributed by atoms with Crippen molar-refractivity contribution in [1.82, 2.24) is 9.55 Å². The van der Waals surface area contributed by atoms with Crippen molar-refractivity contribution >= 4 is 34.4 Å². The van der Waals surface area contributed by atoms with E-state index in [2.05, 4.69) is 22.9 Å². The number of aromatic nitrogens is 2. The molecule has 0 aliphatic carbocycles. The van der Waals surface area contributed by atoms with Crippen molar-refractivity contribution in [3.63, 3.8) is 0 Å². The second-order valence-electron chi connectivity index (χ2n) is 6.66. The van der Waals surface area contributed by atoms with Gasteiger partial charge in [-0.3, -0.25) is 4.79 Å². The van der Waals surface area contributed by atoms with Crippen molar-refractivity contribution in [3.05, 3.63) is 48.5 Å². The monoisotopic (exact) mass is 397 g/mol. The van der Waals surface area contributed by atoms with E-state index in [-0.39, 0.29) is 5.91 Å². The average Bonchev–Trinajstić information content (AvgIpc) is 3.07. The third kappa shape index (κ3) is 5.29. The first-order valence-corrected chi connectivity index (χ1v) is 10.7. The van der Waals surface area contributed by atoms with Gasteiger partial charge in [0.15, 0.2) is 5.16 Å². The number of amides is 1. The van der Waals surface area contributed by atoms with Crippen LogP contribution in [0, 0.1) is 0 Å². The number of para-hydroxylation sites is 2. The molecule has 0 atom stereocenters. The summed E-state index contributed by atoms with van der Waals surface area (Å²) < 4.78 is 7.44. The van der Waals surface area contributed by atoms with Crippen LogP contribution in [0.15, 0.2) is 53.7 Å². The maximum atomic E-state index is 12.4. The molecule has 0 bridgehead atoms. The van der Waals surface area contributed by atoms with Gasteiger partial charge in [0, 0.05) is 18.3 Å². The Hall–Kier alpha value is -2.47. The number of nitrogens with one attached hydrogen (secondary N) is 1. The third-order valence-electron chi connectivity index (χ3n) is 4.54. The molecule has 28 heavy (non-hydrogen) atoms. The minimum absolute atomic E-state index is 0.0529. The van der Waals surface area contributed by atoms with Crippen molar-refractivity contribution in [2.45, 2.75) is 44.3 Å². The van der Waals surface area contributed by atoms with Crippen LogP contribution in [0.4, 0.5) is 5.69 Å². The lowest BCUT2D eigenvalue weighted by atomic mass is 10.2. The topological polar surface area (TPSA) is 56.2 Å². The Morgan fingerprint density at radius 1 is 1.14 bits per heavy atom. The van der Waals surface area contributed by atoms with E-state index in [9.17, 15) is 4.79 Å². The molecule has 0 saturated carbocycles. The van der Waals surface area contributed by atoms with Gasteiger partial charge in [0.1, 0.15) is 5.75 Å². The molecule has 0 unspecified atom stereocenters. The van der Waals surface area contributed by atoms with Gasteiger partial charge >= 0.3 is 0 Å². The Morgan fingerprint density at radius 2 is 2.00 bits per heavy atom. The van der Waals surface area contributed by atoms with Gasteiger partial charge in [-0.05, 0) is 30.7 Å². The van der Waals surface area contributed by atoms with Crippen LogP contribution in [0.1, 0.15) is 32.6 Å². The number of unbranched alkanes of at least 4 members (excludes halogenated alkanes) is 3. The molecule has 0 saturated heterocycles. The van der Waals surface area contributed by atoms with Gasteiger partial charge in [0.25, 0.3) is 0 Å². The van der Waals surface area contributed by atoms with Gasteiger partial charge in [-0.25, -0.2) is 4.98 Å². The standard InChI is InChI=1S/C22H27N3O2S/c1-3-4-5-8-14-25-20-13-7-6-12-19(20)24-22(25)28-16-21(26)23-17-10-9-11-18(15-17)27-2/h6-7,9-13,15H,3-5,8,14,16H2,1-2H3,(H,23,26). The zero-order valence-corrected chi connectivity index (χ0v) is 17.3. The number of imidazole rings is 1. The van der Waals surface area contributed by atoms with E-state index in [1.807, 2.05) is 42.5 Å². The number of thioether (sulfide) groups is 1. The summed E-state index contributed by atoms with van der Waals surface area (Å²) in [5.41, 5.74) is 2.85. The number of hydrogen-bond acceptors (Lipinski definition) is 4. The van der Waals surface area contributed by atoms with E-state index in [0.29, 0.717) is 5.75 Å². The summed E-state index contributed by atoms with van der Waals surface area (Å²) in [6.45, 7) is 3.15. The number of fused-ring (bicyclic) bond motifs is 1. The Kier molecular flexibility index (Phi) is 7.37. The van der Waals surface area contributed by atoms with E-state index in [1.54, 1.807) is 7.11 Å². The van der Waals surface area contributed by atoms with Gasteiger partial charge in [0.05, 0.1) is 23.9 Å². The van der Waals surface area contributed by atoms with Gasteiger partial charge in [-0.2, -0.15) is 0 Å². The fourth-order valence-corrected chi connectivity index (χ4v) is 3.95. The van der Waals surface area contributed by atoms with E-state index >= 15 is 0 Å². The summed E-state index contributed by atoms with van der Waals surface area (Å²) in [6, 6.07) is 15.5. The molecule has 1 heterocycles. The molecule has 148 valence electrons. The molecular weight excluding hydrogens is 370 g/mol. The molecule has 0 fully saturated rings. The molecule has 0 spiro atoms. The van der Waals surface area contributed by atoms with Gasteiger partial charge in [-0.15, -0.1) is 0 Å². The molecular formula is C22H27N3O2S. The van der Waals surface area contributed by atoms with Crippen LogP contribution in [0.5, 0.6) is 5.75 Å². The first-order chi connectivity index (χ1) is 13.7. The van der Waals surface area contributed by atoms with Crippen LogP contribution in [0.2, 0.25) is 0 Å². The average molecular weight is 398 g/mol. The van der Waals surface area contributed by atoms with Crippen LogP contribution in [0.25, 0.3) is 11.0 Å². The summed E-state index contributed by atoms with van der Waals surface area (Å²) in [5.74, 6) is 0.984. The molecule has 3 aromatic rings. The highest BCUT2D eigenvalue weighted by Crippen LogP contribution is 2.25. The van der Waals surface area contributed by atoms with E-state index in [1.165, 1.54) is 31.0 Å². The predicted octanol–water partition coefficient (Wildman–Crippen LogP) is 5.36. The van der Waals surface area contributed by atoms with E-state index in [4.69, 9.17) is 9.72 Å². The van der Waals surface area contributed by atoms with Crippen LogP contribution < -0.4 is 10.1 Å². The van der Waals surface area contributed by atoms with Crippen molar-refractivity contribution in [2.75, 3.05) is 18.2 Å². The maximum absolute atomic E-state index is 12.4. The normalized spacial score (nSPS) is 10.9. The maximum Gasteiger partial charge on any atom is 0.234 e. The highest BCUT2D eigenvalue weighted by molar-refractivity contribution is 7.99. The Bertz CT molecular complexity index is 923. The molecule has 1 amide bonds. The zero-order valence-electron chi connectivity index (χ0n) is 16.5. The number of carbonyl (C=O) groups excluding carboxylic acids is 1. The number of benzene rings is 2. The van der Waals surface area contributed by atoms with E-state index < -0.39 is 0 Å². The molecule has 5 nitrogen and oxygen atoms in total. The number of carbonyl (C=O) groups is 1. The largest absolute Gasteiger partial charge is 0.497 e. The number of methoxy groups -OCH3 is 1. The fourth-order valence-electron chi connectivity index (χ4n) is 3.10. The molecule has 0 aliphatic rings. The molecule has 6 heteroatoms. The first-order valence-electron chi connectivity index (χ1n) is 9.73. The summed E-state index contributed by atoms with van der Waals surface area (Å²) in [7, 11) is 1.61. The molecule has 0 aliphatic heterocycles. The van der Waals surface area contributed by atoms with Crippen molar-refractivity contribution in [3.8, 4) is 5.75 Å². The summed E-state index contributed by atoms with van der Waals surface area (Å²) in [6.07, 6.45) is 4.80. The Morgan fingerprint density at radius 3 is 2.82 bits per heavy atom. The summed E-state index contributed by atoms with van der Waals surface area (Å²) in [5, 5.41) is 3.82. The fraction of sp³-hybridized carbons (Fsp3) is 0.364. The van der Waals surface area contributed by atoms with Crippen molar-refractivity contribution < 1.29 is 9.53 Å². The molecule has 3 rings (SSSR count). The molecule has 0 radical (unpaired) electrons. The highest BCUT2D eigenvalue weighted by atomic mass is 32.2. The highest BCUT2D eigenvalue weighted by Gasteiger charge is 2.13. The minimum atomic E-state index is -0.0529. The lowest BCUT2D eigenvalue weighted by molar-refractivity contribution is -0.113. The minimum Gasteiger partial charge on any atom is -0.497 e. The van der Waals surface area contributed by atoms with Crippen LogP contribution in [-0.2, 0) is 11.3 Å². The number of aryl methyl sites for hydroxylation is 1. The van der Waals surface area contributed by atoms with Gasteiger partial charge in [-0.1, -0.05) is 56.1 Å². The number of anilines is 1. The molecule has 1 aromatic heterocycles. The van der Waals surface area contributed by atoms with Gasteiger partial charge < -0.3 is 14.6 Å². The van der Waals surface area contributed by atoms with Gasteiger partial charge in [0.2, 0.25) is 5.91 Å². The number of ether oxygens (including phenoxy) is 1. The van der Waals surface area contributed by atoms with Crippen LogP contribution in [-0.4, -0.2) is 28.3 Å². The lowest BCUT2D eigenvalue weighted by Gasteiger charge is -2.09. The van der Waals surface area contributed by atoms with Crippen molar-refractivity contribution in [2.24, 2.45) is 0 Å². The number of rotatable bonds is 10. The molecule has 1 N–H and O–H groups in total. The van der Waals surface area contributed by atoms with Crippen molar-refractivity contribution in [1.29, 1.82) is 0 Å². The van der Waals surface area contributed by atoms with E-state index in [0.717, 1.165) is 40.6 Å². The predicted molar refractivity (Wildman–Crippen MR) is 116 cm³/mol. The smallest absolute Gasteiger partial charge is 0.234 e. The summed E-state index contributed by atoms with van der Waals surface area (Å²) >= 11 is 1.48. The van der Waals surface area contributed by atoms with Crippen LogP contribution >= 0.6 is 11.8 Å². The quantitative estimate of drug-likeness (QED) is 0.370. The Labute approximate surface area is 170 Å². The third-order valence-corrected chi connectivity index (χ3v) is 5.52. The Balaban J connectivity index is 1.66. The zero-order chi connectivity index (χ0) is 19.8. The lowest BCUT2D eigenvalue weighted by Crippen LogP contribution is -2.14. The van der Waals surface area contributed by atoms with Crippen LogP contribution in [0.3, 0.4) is 0 Å². The molecule has 2 aromatic carbocycles. The number of hydrogen-bond donors (Lipinski definition) is 1. The SMILES string of the molecule is CCCCCCn1c(SCC(=O)Nc2cccc(OC)c2)nc2ccccc21. The number of nitrogens with zero attached hydrogens (tertiary/aromatic N) is 2. The second kappa shape index (κ2) is 10.2. The second-order valence-corrected chi connectivity index (χ2v) is 7.61.